The van der Waals surface area contributed by atoms with Gasteiger partial charge < -0.3 is 0 Å². The molecule has 19 heavy (non-hydrogen) atoms. The predicted octanol–water partition coefficient (Wildman–Crippen LogP) is 3.89. The van der Waals surface area contributed by atoms with E-state index in [9.17, 15) is 4.79 Å². The molecule has 3 aromatic heterocycles. The minimum Gasteiger partial charge on any atom is -0.296 e. The zero-order valence-electron chi connectivity index (χ0n) is 9.91. The summed E-state index contributed by atoms with van der Waals surface area (Å²) < 4.78 is 0. The van der Waals surface area contributed by atoms with Gasteiger partial charge in [0, 0.05) is 10.9 Å². The van der Waals surface area contributed by atoms with Gasteiger partial charge in [0.05, 0.1) is 4.88 Å². The Morgan fingerprint density at radius 1 is 1.26 bits per heavy atom. The number of thiophene rings is 2. The first-order chi connectivity index (χ1) is 9.24. The van der Waals surface area contributed by atoms with E-state index in [1.807, 2.05) is 35.2 Å². The van der Waals surface area contributed by atoms with Crippen molar-refractivity contribution < 1.29 is 4.79 Å². The molecule has 0 aliphatic rings. The minimum atomic E-state index is -0.125. The Kier molecular flexibility index (Phi) is 3.41. The van der Waals surface area contributed by atoms with Crippen molar-refractivity contribution in [1.29, 1.82) is 0 Å². The van der Waals surface area contributed by atoms with Crippen molar-refractivity contribution in [2.75, 3.05) is 5.32 Å². The molecule has 3 aromatic rings. The zero-order chi connectivity index (χ0) is 13.2. The Hall–Kier alpha value is -1.57. The number of nitrogens with one attached hydrogen (secondary N) is 1. The normalized spacial score (nSPS) is 10.6. The van der Waals surface area contributed by atoms with Crippen molar-refractivity contribution in [2.45, 2.75) is 6.92 Å². The Morgan fingerprint density at radius 3 is 2.84 bits per heavy atom. The molecule has 0 fully saturated rings. The third-order valence-corrected chi connectivity index (χ3v) is 5.07. The molecule has 0 saturated carbocycles. The second kappa shape index (κ2) is 5.20. The zero-order valence-corrected chi connectivity index (χ0v) is 12.4. The summed E-state index contributed by atoms with van der Waals surface area (Å²) in [5, 5.41) is 18.1. The maximum atomic E-state index is 12.0. The molecule has 0 atom stereocenters. The largest absolute Gasteiger partial charge is 0.296 e. The topological polar surface area (TPSA) is 54.9 Å². The van der Waals surface area contributed by atoms with Gasteiger partial charge in [-0.2, -0.15) is 11.3 Å². The number of aromatic nitrogens is 2. The number of hydrogen-bond acceptors (Lipinski definition) is 6. The van der Waals surface area contributed by atoms with E-state index in [2.05, 4.69) is 15.5 Å². The summed E-state index contributed by atoms with van der Waals surface area (Å²) in [7, 11) is 0. The van der Waals surface area contributed by atoms with Crippen LogP contribution in [-0.2, 0) is 0 Å². The molecule has 7 heteroatoms. The highest BCUT2D eigenvalue weighted by Crippen LogP contribution is 2.28. The van der Waals surface area contributed by atoms with Crippen LogP contribution < -0.4 is 5.32 Å². The van der Waals surface area contributed by atoms with Crippen LogP contribution in [0.1, 0.15) is 15.2 Å². The highest BCUT2D eigenvalue weighted by atomic mass is 32.1. The number of aryl methyl sites for hydroxylation is 1. The van der Waals surface area contributed by atoms with Crippen LogP contribution in [0.3, 0.4) is 0 Å². The standard InChI is InChI=1S/C12H9N3OS3/c1-7-2-5-18-9(7)10(16)13-12-15-14-11(19-12)8-3-4-17-6-8/h2-6H,1H3,(H,13,15,16). The lowest BCUT2D eigenvalue weighted by molar-refractivity contribution is 0.103. The molecule has 0 radical (unpaired) electrons. The van der Waals surface area contributed by atoms with Crippen molar-refractivity contribution in [2.24, 2.45) is 0 Å². The summed E-state index contributed by atoms with van der Waals surface area (Å²) in [5.41, 5.74) is 2.01. The summed E-state index contributed by atoms with van der Waals surface area (Å²) >= 11 is 4.42. The third kappa shape index (κ3) is 2.58. The van der Waals surface area contributed by atoms with E-state index >= 15 is 0 Å². The molecule has 3 rings (SSSR count). The van der Waals surface area contributed by atoms with E-state index in [0.717, 1.165) is 16.1 Å². The lowest BCUT2D eigenvalue weighted by Crippen LogP contribution is -2.10. The Bertz CT molecular complexity index is 699. The van der Waals surface area contributed by atoms with Gasteiger partial charge >= 0.3 is 0 Å². The second-order valence-corrected chi connectivity index (χ2v) is 6.48. The van der Waals surface area contributed by atoms with Crippen LogP contribution in [0.25, 0.3) is 10.6 Å². The molecular weight excluding hydrogens is 298 g/mol. The maximum absolute atomic E-state index is 12.0. The highest BCUT2D eigenvalue weighted by molar-refractivity contribution is 7.19. The fourth-order valence-electron chi connectivity index (χ4n) is 1.54. The Balaban J connectivity index is 1.78. The van der Waals surface area contributed by atoms with Gasteiger partial charge in [-0.05, 0) is 35.4 Å². The van der Waals surface area contributed by atoms with Crippen LogP contribution in [0, 0.1) is 6.92 Å². The number of amides is 1. The maximum Gasteiger partial charge on any atom is 0.267 e. The van der Waals surface area contributed by atoms with Gasteiger partial charge in [0.15, 0.2) is 0 Å². The summed E-state index contributed by atoms with van der Waals surface area (Å²) in [4.78, 5) is 12.7. The third-order valence-electron chi connectivity index (χ3n) is 2.48. The Labute approximate surface area is 121 Å². The quantitative estimate of drug-likeness (QED) is 0.798. The van der Waals surface area contributed by atoms with E-state index in [1.54, 1.807) is 11.3 Å². The van der Waals surface area contributed by atoms with Crippen LogP contribution in [0.15, 0.2) is 28.3 Å². The molecule has 0 spiro atoms. The van der Waals surface area contributed by atoms with Gasteiger partial charge in [0.2, 0.25) is 5.13 Å². The van der Waals surface area contributed by atoms with Crippen molar-refractivity contribution >= 4 is 45.0 Å². The molecule has 0 aromatic carbocycles. The number of hydrogen-bond donors (Lipinski definition) is 1. The number of nitrogens with zero attached hydrogens (tertiary/aromatic N) is 2. The van der Waals surface area contributed by atoms with E-state index in [-0.39, 0.29) is 5.91 Å². The van der Waals surface area contributed by atoms with E-state index < -0.39 is 0 Å². The lowest BCUT2D eigenvalue weighted by atomic mass is 10.3. The van der Waals surface area contributed by atoms with Gasteiger partial charge in [-0.3, -0.25) is 10.1 Å². The first-order valence-electron chi connectivity index (χ1n) is 5.45. The average Bonchev–Trinajstić information content (AvgIpc) is 3.07. The summed E-state index contributed by atoms with van der Waals surface area (Å²) in [6, 6.07) is 3.91. The molecule has 0 aliphatic heterocycles. The molecule has 0 aliphatic carbocycles. The van der Waals surface area contributed by atoms with E-state index in [1.165, 1.54) is 22.7 Å². The van der Waals surface area contributed by atoms with Gasteiger partial charge in [0.1, 0.15) is 5.01 Å². The molecule has 96 valence electrons. The molecule has 3 heterocycles. The van der Waals surface area contributed by atoms with Crippen molar-refractivity contribution in [3.05, 3.63) is 38.7 Å². The Morgan fingerprint density at radius 2 is 2.16 bits per heavy atom. The number of anilines is 1. The fourth-order valence-corrected chi connectivity index (χ4v) is 3.81. The summed E-state index contributed by atoms with van der Waals surface area (Å²) in [6.07, 6.45) is 0. The van der Waals surface area contributed by atoms with Gasteiger partial charge in [-0.15, -0.1) is 21.5 Å². The molecular formula is C12H9N3OS3. The van der Waals surface area contributed by atoms with Crippen LogP contribution in [0.4, 0.5) is 5.13 Å². The highest BCUT2D eigenvalue weighted by Gasteiger charge is 2.14. The van der Waals surface area contributed by atoms with Crippen LogP contribution in [0.2, 0.25) is 0 Å². The lowest BCUT2D eigenvalue weighted by Gasteiger charge is -1.98. The molecule has 0 unspecified atom stereocenters. The SMILES string of the molecule is Cc1ccsc1C(=O)Nc1nnc(-c2ccsc2)s1. The van der Waals surface area contributed by atoms with Gasteiger partial charge in [-0.1, -0.05) is 11.3 Å². The van der Waals surface area contributed by atoms with Crippen LogP contribution in [-0.4, -0.2) is 16.1 Å². The minimum absolute atomic E-state index is 0.125. The monoisotopic (exact) mass is 307 g/mol. The number of carbonyl (C=O) groups is 1. The predicted molar refractivity (Wildman–Crippen MR) is 80.2 cm³/mol. The van der Waals surface area contributed by atoms with Gasteiger partial charge in [0.25, 0.3) is 5.91 Å². The second-order valence-electron chi connectivity index (χ2n) is 3.81. The van der Waals surface area contributed by atoms with E-state index in [0.29, 0.717) is 10.0 Å². The summed E-state index contributed by atoms with van der Waals surface area (Å²) in [6.45, 7) is 1.92. The van der Waals surface area contributed by atoms with Crippen LogP contribution >= 0.6 is 34.0 Å². The molecule has 1 amide bonds. The average molecular weight is 307 g/mol. The molecule has 1 N–H and O–H groups in total. The molecule has 0 bridgehead atoms. The van der Waals surface area contributed by atoms with Gasteiger partial charge in [-0.25, -0.2) is 0 Å². The van der Waals surface area contributed by atoms with Crippen molar-refractivity contribution in [3.8, 4) is 10.6 Å². The van der Waals surface area contributed by atoms with Crippen molar-refractivity contribution in [3.63, 3.8) is 0 Å². The smallest absolute Gasteiger partial charge is 0.267 e. The molecule has 4 nitrogen and oxygen atoms in total. The molecule has 0 saturated heterocycles. The number of rotatable bonds is 3. The van der Waals surface area contributed by atoms with Crippen LogP contribution in [0.5, 0.6) is 0 Å². The fraction of sp³-hybridized carbons (Fsp3) is 0.0833. The number of carbonyl (C=O) groups excluding carboxylic acids is 1. The first kappa shape index (κ1) is 12.5. The van der Waals surface area contributed by atoms with E-state index in [4.69, 9.17) is 0 Å². The summed E-state index contributed by atoms with van der Waals surface area (Å²) in [5.74, 6) is -0.125. The van der Waals surface area contributed by atoms with Crippen molar-refractivity contribution in [1.82, 2.24) is 10.2 Å². The first-order valence-corrected chi connectivity index (χ1v) is 8.09.